The number of ether oxygens (including phenoxy) is 4. The Balaban J connectivity index is 2.23. The van der Waals surface area contributed by atoms with Gasteiger partial charge in [0, 0.05) is 13.2 Å². The molecule has 1 aromatic rings. The first-order valence-electron chi connectivity index (χ1n) is 8.21. The van der Waals surface area contributed by atoms with Crippen molar-refractivity contribution in [2.75, 3.05) is 27.4 Å². The Labute approximate surface area is 155 Å². The van der Waals surface area contributed by atoms with Crippen LogP contribution in [0.5, 0.6) is 17.2 Å². The number of amides is 1. The lowest BCUT2D eigenvalue weighted by molar-refractivity contribution is -0.117. The van der Waals surface area contributed by atoms with E-state index in [-0.39, 0.29) is 28.9 Å². The van der Waals surface area contributed by atoms with E-state index in [1.165, 1.54) is 32.4 Å². The van der Waals surface area contributed by atoms with E-state index in [1.54, 1.807) is 0 Å². The smallest absolute Gasteiger partial charge is 0.387 e. The second-order valence-electron chi connectivity index (χ2n) is 5.65. The molecule has 0 radical (unpaired) electrons. The third kappa shape index (κ3) is 5.56. The topological polar surface area (TPSA) is 89.8 Å². The number of nitrogens with zero attached hydrogens (tertiary/aromatic N) is 1. The van der Waals surface area contributed by atoms with Gasteiger partial charge < -0.3 is 24.3 Å². The van der Waals surface area contributed by atoms with Crippen molar-refractivity contribution >= 4 is 12.0 Å². The summed E-state index contributed by atoms with van der Waals surface area (Å²) in [5, 5.41) is 11.9. The molecule has 1 atom stereocenters. The molecule has 1 aliphatic heterocycles. The van der Waals surface area contributed by atoms with Gasteiger partial charge in [-0.2, -0.15) is 14.0 Å². The third-order valence-electron chi connectivity index (χ3n) is 3.88. The van der Waals surface area contributed by atoms with Gasteiger partial charge in [-0.15, -0.1) is 0 Å². The van der Waals surface area contributed by atoms with Gasteiger partial charge in [0.25, 0.3) is 5.91 Å². The lowest BCUT2D eigenvalue weighted by atomic mass is 10.1. The van der Waals surface area contributed by atoms with Crippen LogP contribution >= 0.6 is 0 Å². The zero-order chi connectivity index (χ0) is 19.8. The normalized spacial score (nSPS) is 16.7. The lowest BCUT2D eigenvalue weighted by Gasteiger charge is -2.15. The summed E-state index contributed by atoms with van der Waals surface area (Å²) in [7, 11) is 2.56. The lowest BCUT2D eigenvalue weighted by Crippen LogP contribution is -2.32. The van der Waals surface area contributed by atoms with Crippen molar-refractivity contribution in [3.8, 4) is 23.3 Å². The highest BCUT2D eigenvalue weighted by Gasteiger charge is 2.20. The van der Waals surface area contributed by atoms with E-state index in [0.717, 1.165) is 12.8 Å². The van der Waals surface area contributed by atoms with Gasteiger partial charge in [0.1, 0.15) is 11.6 Å². The SMILES string of the molecule is COc1cc(/C=C(\C#N)C(=O)NC[C@H]2CCCO2)cc(OC)c1OC(F)F. The van der Waals surface area contributed by atoms with Gasteiger partial charge in [-0.25, -0.2) is 0 Å². The zero-order valence-electron chi connectivity index (χ0n) is 15.0. The first-order chi connectivity index (χ1) is 13.0. The zero-order valence-corrected chi connectivity index (χ0v) is 15.0. The van der Waals surface area contributed by atoms with E-state index in [1.807, 2.05) is 6.07 Å². The molecule has 1 fully saturated rings. The number of methoxy groups -OCH3 is 2. The number of halogens is 2. The van der Waals surface area contributed by atoms with Crippen LogP contribution in [0.3, 0.4) is 0 Å². The van der Waals surface area contributed by atoms with Crippen molar-refractivity contribution in [1.82, 2.24) is 5.32 Å². The van der Waals surface area contributed by atoms with Gasteiger partial charge in [-0.3, -0.25) is 4.79 Å². The molecule has 27 heavy (non-hydrogen) atoms. The van der Waals surface area contributed by atoms with Crippen LogP contribution < -0.4 is 19.5 Å². The first kappa shape index (κ1) is 20.5. The Bertz CT molecular complexity index is 715. The summed E-state index contributed by atoms with van der Waals surface area (Å²) in [5.74, 6) is -0.858. The predicted octanol–water partition coefficient (Wildman–Crippen LogP) is 2.51. The summed E-state index contributed by atoms with van der Waals surface area (Å²) in [4.78, 5) is 12.2. The van der Waals surface area contributed by atoms with Gasteiger partial charge in [-0.05, 0) is 36.6 Å². The summed E-state index contributed by atoms with van der Waals surface area (Å²) in [5.41, 5.74) is 0.203. The molecule has 9 heteroatoms. The number of rotatable bonds is 8. The fourth-order valence-corrected chi connectivity index (χ4v) is 2.61. The number of hydrogen-bond donors (Lipinski definition) is 1. The molecule has 1 amide bonds. The number of benzene rings is 1. The molecule has 1 aliphatic rings. The maximum absolute atomic E-state index is 12.6. The van der Waals surface area contributed by atoms with Crippen LogP contribution in [0, 0.1) is 11.3 Å². The molecule has 1 N–H and O–H groups in total. The minimum Gasteiger partial charge on any atom is -0.493 e. The number of nitrogens with one attached hydrogen (secondary N) is 1. The molecule has 146 valence electrons. The molecule has 0 spiro atoms. The van der Waals surface area contributed by atoms with Crippen LogP contribution in [0.2, 0.25) is 0 Å². The largest absolute Gasteiger partial charge is 0.493 e. The molecule has 1 heterocycles. The van der Waals surface area contributed by atoms with Crippen LogP contribution in [0.15, 0.2) is 17.7 Å². The Hall–Kier alpha value is -2.86. The maximum Gasteiger partial charge on any atom is 0.387 e. The summed E-state index contributed by atoms with van der Waals surface area (Å²) in [6, 6.07) is 4.55. The highest BCUT2D eigenvalue weighted by molar-refractivity contribution is 6.01. The monoisotopic (exact) mass is 382 g/mol. The van der Waals surface area contributed by atoms with E-state index < -0.39 is 12.5 Å². The summed E-state index contributed by atoms with van der Waals surface area (Å²) in [6.07, 6.45) is 3.04. The Morgan fingerprint density at radius 3 is 2.56 bits per heavy atom. The molecule has 1 saturated heterocycles. The van der Waals surface area contributed by atoms with Crippen molar-refractivity contribution in [3.05, 3.63) is 23.3 Å². The highest BCUT2D eigenvalue weighted by atomic mass is 19.3. The predicted molar refractivity (Wildman–Crippen MR) is 91.8 cm³/mol. The standard InChI is InChI=1S/C18H20F2N2O5/c1-24-14-7-11(8-15(25-2)16(14)27-18(19)20)6-12(9-21)17(23)22-10-13-4-3-5-26-13/h6-8,13,18H,3-5,10H2,1-2H3,(H,22,23)/b12-6+/t13-/m1/s1. The number of hydrogen-bond acceptors (Lipinski definition) is 6. The van der Waals surface area contributed by atoms with Crippen LogP contribution in [-0.2, 0) is 9.53 Å². The number of carbonyl (C=O) groups is 1. The van der Waals surface area contributed by atoms with Crippen molar-refractivity contribution in [3.63, 3.8) is 0 Å². The second-order valence-corrected chi connectivity index (χ2v) is 5.65. The third-order valence-corrected chi connectivity index (χ3v) is 3.88. The highest BCUT2D eigenvalue weighted by Crippen LogP contribution is 2.40. The van der Waals surface area contributed by atoms with E-state index >= 15 is 0 Å². The van der Waals surface area contributed by atoms with Gasteiger partial charge in [0.15, 0.2) is 11.5 Å². The van der Waals surface area contributed by atoms with Gasteiger partial charge in [0.2, 0.25) is 5.75 Å². The first-order valence-corrected chi connectivity index (χ1v) is 8.21. The molecule has 0 aliphatic carbocycles. The van der Waals surface area contributed by atoms with Crippen molar-refractivity contribution in [1.29, 1.82) is 5.26 Å². The van der Waals surface area contributed by atoms with Crippen molar-refractivity contribution in [2.45, 2.75) is 25.6 Å². The number of alkyl halides is 2. The minimum atomic E-state index is -3.06. The van der Waals surface area contributed by atoms with E-state index in [0.29, 0.717) is 18.7 Å². The molecular weight excluding hydrogens is 362 g/mol. The molecule has 7 nitrogen and oxygen atoms in total. The Kier molecular flexibility index (Phi) is 7.37. The minimum absolute atomic E-state index is 0.0158. The van der Waals surface area contributed by atoms with Gasteiger partial charge in [0.05, 0.1) is 20.3 Å². The maximum atomic E-state index is 12.6. The summed E-state index contributed by atoms with van der Waals surface area (Å²) in [6.45, 7) is -2.09. The molecule has 2 rings (SSSR count). The van der Waals surface area contributed by atoms with Gasteiger partial charge >= 0.3 is 6.61 Å². The molecule has 0 unspecified atom stereocenters. The van der Waals surface area contributed by atoms with Gasteiger partial charge in [-0.1, -0.05) is 0 Å². The van der Waals surface area contributed by atoms with Crippen molar-refractivity contribution in [2.24, 2.45) is 0 Å². The van der Waals surface area contributed by atoms with Crippen LogP contribution in [0.4, 0.5) is 8.78 Å². The summed E-state index contributed by atoms with van der Waals surface area (Å²) < 4.78 is 45.1. The number of carbonyl (C=O) groups excluding carboxylic acids is 1. The van der Waals surface area contributed by atoms with Crippen LogP contribution in [0.1, 0.15) is 18.4 Å². The fraction of sp³-hybridized carbons (Fsp3) is 0.444. The quantitative estimate of drug-likeness (QED) is 0.549. The second kappa shape index (κ2) is 9.73. The molecular formula is C18H20F2N2O5. The molecule has 0 saturated carbocycles. The van der Waals surface area contributed by atoms with E-state index in [4.69, 9.17) is 14.2 Å². The van der Waals surface area contributed by atoms with Crippen LogP contribution in [0.25, 0.3) is 6.08 Å². The average Bonchev–Trinajstić information content (AvgIpc) is 3.17. The van der Waals surface area contributed by atoms with E-state index in [9.17, 15) is 18.8 Å². The Morgan fingerprint density at radius 1 is 1.41 bits per heavy atom. The van der Waals surface area contributed by atoms with Crippen LogP contribution in [-0.4, -0.2) is 46.0 Å². The fourth-order valence-electron chi connectivity index (χ4n) is 2.61. The molecule has 0 aromatic heterocycles. The average molecular weight is 382 g/mol. The summed E-state index contributed by atoms with van der Waals surface area (Å²) >= 11 is 0. The van der Waals surface area contributed by atoms with Crippen molar-refractivity contribution < 1.29 is 32.5 Å². The Morgan fingerprint density at radius 2 is 2.07 bits per heavy atom. The molecule has 0 bridgehead atoms. The molecule has 1 aromatic carbocycles. The van der Waals surface area contributed by atoms with E-state index in [2.05, 4.69) is 10.1 Å². The number of nitriles is 1.